The first-order chi connectivity index (χ1) is 12.2. The summed E-state index contributed by atoms with van der Waals surface area (Å²) in [5.41, 5.74) is 2.12. The van der Waals surface area contributed by atoms with Crippen LogP contribution in [0.1, 0.15) is 22.7 Å². The van der Waals surface area contributed by atoms with Gasteiger partial charge in [0.15, 0.2) is 0 Å². The molecule has 7 heteroatoms. The van der Waals surface area contributed by atoms with Gasteiger partial charge in [0, 0.05) is 24.7 Å². The highest BCUT2D eigenvalue weighted by molar-refractivity contribution is 7.89. The van der Waals surface area contributed by atoms with Gasteiger partial charge in [-0.2, -0.15) is 4.31 Å². The van der Waals surface area contributed by atoms with E-state index in [1.54, 1.807) is 24.2 Å². The molecule has 0 radical (unpaired) electrons. The fourth-order valence-electron chi connectivity index (χ4n) is 3.38. The van der Waals surface area contributed by atoms with Crippen molar-refractivity contribution in [2.75, 3.05) is 26.7 Å². The van der Waals surface area contributed by atoms with Gasteiger partial charge in [0.05, 0.1) is 11.1 Å². The lowest BCUT2D eigenvalue weighted by Crippen LogP contribution is -2.49. The summed E-state index contributed by atoms with van der Waals surface area (Å²) in [5, 5.41) is 0.661. The predicted molar refractivity (Wildman–Crippen MR) is 107 cm³/mol. The van der Waals surface area contributed by atoms with Crippen LogP contribution in [0, 0.1) is 13.8 Å². The molecule has 2 aromatic carbocycles. The third-order valence-corrected chi connectivity index (χ3v) is 7.95. The van der Waals surface area contributed by atoms with Gasteiger partial charge in [-0.05, 0) is 43.7 Å². The van der Waals surface area contributed by atoms with Crippen LogP contribution in [0.2, 0.25) is 10.0 Å². The molecule has 0 unspecified atom stereocenters. The third-order valence-electron chi connectivity index (χ3n) is 4.87. The molecule has 140 valence electrons. The molecule has 0 amide bonds. The molecule has 1 aliphatic rings. The van der Waals surface area contributed by atoms with Crippen LogP contribution in [0.15, 0.2) is 41.3 Å². The molecule has 0 aromatic heterocycles. The van der Waals surface area contributed by atoms with E-state index in [9.17, 15) is 8.42 Å². The van der Waals surface area contributed by atoms with Crippen molar-refractivity contribution in [1.82, 2.24) is 9.21 Å². The predicted octanol–water partition coefficient (Wildman–Crippen LogP) is 4.29. The zero-order chi connectivity index (χ0) is 19.1. The van der Waals surface area contributed by atoms with E-state index in [1.165, 1.54) is 0 Å². The van der Waals surface area contributed by atoms with Crippen molar-refractivity contribution in [3.8, 4) is 0 Å². The number of rotatable bonds is 3. The number of nitrogens with zero attached hydrogens (tertiary/aromatic N) is 2. The first-order valence-corrected chi connectivity index (χ1v) is 10.6. The fraction of sp³-hybridized carbons (Fsp3) is 0.368. The molecule has 0 N–H and O–H groups in total. The molecule has 1 saturated heterocycles. The monoisotopic (exact) mass is 412 g/mol. The maximum absolute atomic E-state index is 13.6. The lowest BCUT2D eigenvalue weighted by molar-refractivity contribution is 0.160. The standard InChI is InChI=1S/C19H22Cl2N2O2S/c1-13-11-16(20)14(2)19(18(13)21)26(24,25)23-10-9-22(3)12-17(23)15-7-5-4-6-8-15/h4-8,11,17H,9-10,12H2,1-3H3/t17-/m1/s1. The molecule has 1 aliphatic heterocycles. The Labute approximate surface area is 165 Å². The first kappa shape index (κ1) is 19.6. The molecule has 1 atom stereocenters. The van der Waals surface area contributed by atoms with Crippen molar-refractivity contribution >= 4 is 33.2 Å². The van der Waals surface area contributed by atoms with Crippen LogP contribution in [-0.4, -0.2) is 44.3 Å². The number of hydrogen-bond acceptors (Lipinski definition) is 3. The molecule has 0 aliphatic carbocycles. The number of likely N-dealkylation sites (N-methyl/N-ethyl adjacent to an activating group) is 1. The zero-order valence-corrected chi connectivity index (χ0v) is 17.4. The number of halogens is 2. The Hall–Kier alpha value is -1.11. The van der Waals surface area contributed by atoms with Gasteiger partial charge in [-0.25, -0.2) is 8.42 Å². The normalized spacial score (nSPS) is 19.7. The summed E-state index contributed by atoms with van der Waals surface area (Å²) in [5.74, 6) is 0. The van der Waals surface area contributed by atoms with E-state index >= 15 is 0 Å². The molecule has 0 bridgehead atoms. The number of piperazine rings is 1. The minimum atomic E-state index is -3.80. The topological polar surface area (TPSA) is 40.6 Å². The molecular weight excluding hydrogens is 391 g/mol. The molecule has 2 aromatic rings. The number of sulfonamides is 1. The largest absolute Gasteiger partial charge is 0.303 e. The summed E-state index contributed by atoms with van der Waals surface area (Å²) in [6.07, 6.45) is 0. The van der Waals surface area contributed by atoms with Crippen LogP contribution < -0.4 is 0 Å². The van der Waals surface area contributed by atoms with Crippen LogP contribution in [0.3, 0.4) is 0 Å². The molecule has 1 fully saturated rings. The van der Waals surface area contributed by atoms with Crippen LogP contribution in [-0.2, 0) is 10.0 Å². The molecule has 0 saturated carbocycles. The molecule has 1 heterocycles. The Morgan fingerprint density at radius 3 is 2.38 bits per heavy atom. The summed E-state index contributed by atoms with van der Waals surface area (Å²) in [6.45, 7) is 5.16. The summed E-state index contributed by atoms with van der Waals surface area (Å²) in [7, 11) is -1.80. The van der Waals surface area contributed by atoms with Gasteiger partial charge in [0.25, 0.3) is 0 Å². The number of hydrogen-bond donors (Lipinski definition) is 0. The van der Waals surface area contributed by atoms with Crippen molar-refractivity contribution in [3.63, 3.8) is 0 Å². The summed E-state index contributed by atoms with van der Waals surface area (Å²) in [6, 6.07) is 11.1. The highest BCUT2D eigenvalue weighted by Gasteiger charge is 2.38. The Morgan fingerprint density at radius 1 is 1.08 bits per heavy atom. The lowest BCUT2D eigenvalue weighted by Gasteiger charge is -2.39. The van der Waals surface area contributed by atoms with E-state index in [1.807, 2.05) is 37.4 Å². The molecular formula is C19H22Cl2N2O2S. The first-order valence-electron chi connectivity index (χ1n) is 8.44. The Kier molecular flexibility index (Phi) is 5.66. The van der Waals surface area contributed by atoms with Crippen LogP contribution in [0.4, 0.5) is 0 Å². The van der Waals surface area contributed by atoms with Gasteiger partial charge in [0.2, 0.25) is 10.0 Å². The minimum absolute atomic E-state index is 0.120. The average molecular weight is 413 g/mol. The van der Waals surface area contributed by atoms with E-state index in [4.69, 9.17) is 23.2 Å². The highest BCUT2D eigenvalue weighted by Crippen LogP contribution is 2.38. The minimum Gasteiger partial charge on any atom is -0.303 e. The summed E-state index contributed by atoms with van der Waals surface area (Å²) < 4.78 is 28.7. The SMILES string of the molecule is Cc1cc(Cl)c(C)c(S(=O)(=O)N2CCN(C)C[C@@H]2c2ccccc2)c1Cl. The van der Waals surface area contributed by atoms with E-state index in [2.05, 4.69) is 4.90 Å². The molecule has 26 heavy (non-hydrogen) atoms. The van der Waals surface area contributed by atoms with E-state index in [0.29, 0.717) is 35.8 Å². The van der Waals surface area contributed by atoms with Crippen molar-refractivity contribution in [2.24, 2.45) is 0 Å². The third kappa shape index (κ3) is 3.51. The second-order valence-corrected chi connectivity index (χ2v) is 9.36. The van der Waals surface area contributed by atoms with Crippen LogP contribution in [0.25, 0.3) is 0 Å². The van der Waals surface area contributed by atoms with Gasteiger partial charge in [-0.1, -0.05) is 53.5 Å². The van der Waals surface area contributed by atoms with Crippen molar-refractivity contribution < 1.29 is 8.42 Å². The average Bonchev–Trinajstić information content (AvgIpc) is 2.60. The number of aryl methyl sites for hydroxylation is 1. The summed E-state index contributed by atoms with van der Waals surface area (Å²) >= 11 is 12.7. The van der Waals surface area contributed by atoms with Crippen molar-refractivity contribution in [1.29, 1.82) is 0 Å². The molecule has 4 nitrogen and oxygen atoms in total. The van der Waals surface area contributed by atoms with E-state index in [0.717, 1.165) is 5.56 Å². The Morgan fingerprint density at radius 2 is 1.73 bits per heavy atom. The van der Waals surface area contributed by atoms with Crippen molar-refractivity contribution in [2.45, 2.75) is 24.8 Å². The second-order valence-electron chi connectivity index (χ2n) is 6.75. The van der Waals surface area contributed by atoms with E-state index < -0.39 is 10.0 Å². The van der Waals surface area contributed by atoms with Gasteiger partial charge < -0.3 is 4.90 Å². The Bertz CT molecular complexity index is 891. The van der Waals surface area contributed by atoms with Crippen LogP contribution >= 0.6 is 23.2 Å². The molecule has 3 rings (SSSR count). The van der Waals surface area contributed by atoms with Crippen molar-refractivity contribution in [3.05, 3.63) is 63.1 Å². The van der Waals surface area contributed by atoms with Gasteiger partial charge in [0.1, 0.15) is 4.90 Å². The maximum atomic E-state index is 13.6. The smallest absolute Gasteiger partial charge is 0.245 e. The fourth-order valence-corrected chi connectivity index (χ4v) is 6.14. The second kappa shape index (κ2) is 7.49. The van der Waals surface area contributed by atoms with Gasteiger partial charge >= 0.3 is 0 Å². The zero-order valence-electron chi connectivity index (χ0n) is 15.0. The van der Waals surface area contributed by atoms with E-state index in [-0.39, 0.29) is 16.0 Å². The van der Waals surface area contributed by atoms with Gasteiger partial charge in [-0.3, -0.25) is 0 Å². The number of benzene rings is 2. The summed E-state index contributed by atoms with van der Waals surface area (Å²) in [4.78, 5) is 2.26. The van der Waals surface area contributed by atoms with Crippen LogP contribution in [0.5, 0.6) is 0 Å². The lowest BCUT2D eigenvalue weighted by atomic mass is 10.1. The maximum Gasteiger partial charge on any atom is 0.245 e. The quantitative estimate of drug-likeness (QED) is 0.754. The molecule has 0 spiro atoms. The Balaban J connectivity index is 2.14. The van der Waals surface area contributed by atoms with Gasteiger partial charge in [-0.15, -0.1) is 0 Å². The highest BCUT2D eigenvalue weighted by atomic mass is 35.5.